The third-order valence-electron chi connectivity index (χ3n) is 4.98. The highest BCUT2D eigenvalue weighted by atomic mass is 16.2. The van der Waals surface area contributed by atoms with Gasteiger partial charge >= 0.3 is 0 Å². The van der Waals surface area contributed by atoms with Crippen molar-refractivity contribution in [3.63, 3.8) is 0 Å². The molecule has 0 aromatic heterocycles. The first-order valence-electron chi connectivity index (χ1n) is 11.6. The molecule has 1 heterocycles. The van der Waals surface area contributed by atoms with Crippen molar-refractivity contribution in [1.82, 2.24) is 9.80 Å². The zero-order valence-electron chi connectivity index (χ0n) is 19.2. The molecule has 0 aromatic carbocycles. The van der Waals surface area contributed by atoms with Crippen LogP contribution in [0.3, 0.4) is 0 Å². The van der Waals surface area contributed by atoms with E-state index in [0.29, 0.717) is 12.3 Å². The van der Waals surface area contributed by atoms with E-state index in [0.717, 1.165) is 71.1 Å². The van der Waals surface area contributed by atoms with Crippen LogP contribution in [0.2, 0.25) is 0 Å². The summed E-state index contributed by atoms with van der Waals surface area (Å²) >= 11 is 0. The summed E-state index contributed by atoms with van der Waals surface area (Å²) in [5.41, 5.74) is 0. The Morgan fingerprint density at radius 2 is 1.03 bits per heavy atom. The van der Waals surface area contributed by atoms with Gasteiger partial charge in [-0.1, -0.05) is 79.8 Å². The molecule has 1 aliphatic heterocycles. The van der Waals surface area contributed by atoms with Gasteiger partial charge in [0.2, 0.25) is 5.91 Å². The van der Waals surface area contributed by atoms with Crippen molar-refractivity contribution in [3.05, 3.63) is 72.9 Å². The first kappa shape index (κ1) is 25.9. The first-order valence-corrected chi connectivity index (χ1v) is 11.6. The van der Waals surface area contributed by atoms with Crippen molar-refractivity contribution in [2.45, 2.75) is 58.3 Å². The van der Waals surface area contributed by atoms with Gasteiger partial charge in [-0.15, -0.1) is 0 Å². The predicted octanol–water partition coefficient (Wildman–Crippen LogP) is 6.24. The number of allylic oxidation sites excluding steroid dienone is 12. The van der Waals surface area contributed by atoms with Crippen LogP contribution in [0.4, 0.5) is 0 Å². The Hall–Kier alpha value is -2.13. The Morgan fingerprint density at radius 1 is 0.633 bits per heavy atom. The van der Waals surface area contributed by atoms with Crippen LogP contribution in [-0.2, 0) is 4.79 Å². The summed E-state index contributed by atoms with van der Waals surface area (Å²) in [7, 11) is 2.11. The molecular formula is C27H42N2O. The quantitative estimate of drug-likeness (QED) is 0.317. The topological polar surface area (TPSA) is 23.6 Å². The van der Waals surface area contributed by atoms with Gasteiger partial charge in [0, 0.05) is 32.6 Å². The predicted molar refractivity (Wildman–Crippen MR) is 132 cm³/mol. The third-order valence-corrected chi connectivity index (χ3v) is 4.98. The number of amides is 1. The first-order chi connectivity index (χ1) is 14.7. The molecule has 1 fully saturated rings. The lowest BCUT2D eigenvalue weighted by atomic mass is 10.2. The van der Waals surface area contributed by atoms with E-state index in [1.165, 1.54) is 0 Å². The summed E-state index contributed by atoms with van der Waals surface area (Å²) in [5.74, 6) is 0.294. The van der Waals surface area contributed by atoms with Crippen molar-refractivity contribution in [3.8, 4) is 0 Å². The number of piperazine rings is 1. The normalized spacial score (nSPS) is 16.7. The van der Waals surface area contributed by atoms with Gasteiger partial charge in [-0.2, -0.15) is 0 Å². The molecule has 0 saturated carbocycles. The smallest absolute Gasteiger partial charge is 0.222 e. The molecule has 166 valence electrons. The van der Waals surface area contributed by atoms with Crippen LogP contribution in [-0.4, -0.2) is 48.9 Å². The van der Waals surface area contributed by atoms with Crippen LogP contribution in [0.1, 0.15) is 58.3 Å². The van der Waals surface area contributed by atoms with Gasteiger partial charge in [0.25, 0.3) is 0 Å². The van der Waals surface area contributed by atoms with Crippen molar-refractivity contribution in [2.24, 2.45) is 0 Å². The van der Waals surface area contributed by atoms with Gasteiger partial charge in [-0.3, -0.25) is 4.79 Å². The van der Waals surface area contributed by atoms with Crippen LogP contribution >= 0.6 is 0 Å². The lowest BCUT2D eigenvalue weighted by molar-refractivity contribution is -0.132. The van der Waals surface area contributed by atoms with E-state index in [-0.39, 0.29) is 0 Å². The van der Waals surface area contributed by atoms with Crippen molar-refractivity contribution in [1.29, 1.82) is 0 Å². The van der Waals surface area contributed by atoms with Crippen LogP contribution in [0.15, 0.2) is 72.9 Å². The highest BCUT2D eigenvalue weighted by molar-refractivity contribution is 5.76. The van der Waals surface area contributed by atoms with E-state index >= 15 is 0 Å². The lowest BCUT2D eigenvalue weighted by Crippen LogP contribution is -2.47. The Balaban J connectivity index is 1.97. The molecule has 3 nitrogen and oxygen atoms in total. The van der Waals surface area contributed by atoms with Gasteiger partial charge in [-0.05, 0) is 52.0 Å². The standard InChI is InChI=1S/C27H42N2O/c1-3-4-5-6-7-8-9-10-11-12-13-14-15-16-17-18-19-20-21-22-27(30)29-25-23-28(2)24-26-29/h4-5,7-8,10-11,13-14,16-17,19-20H,3,6,9,12,15,18,21-26H2,1-2H3/b5-4-,8-7-,11-10-,14-13-,17-16-,20-19-. The minimum Gasteiger partial charge on any atom is -0.340 e. The van der Waals surface area contributed by atoms with Gasteiger partial charge in [0.15, 0.2) is 0 Å². The average molecular weight is 411 g/mol. The van der Waals surface area contributed by atoms with Gasteiger partial charge in [0.05, 0.1) is 0 Å². The van der Waals surface area contributed by atoms with Crippen LogP contribution in [0.5, 0.6) is 0 Å². The summed E-state index contributed by atoms with van der Waals surface area (Å²) < 4.78 is 0. The van der Waals surface area contributed by atoms with Gasteiger partial charge in [0.1, 0.15) is 0 Å². The second-order valence-corrected chi connectivity index (χ2v) is 7.64. The van der Waals surface area contributed by atoms with Gasteiger partial charge < -0.3 is 9.80 Å². The van der Waals surface area contributed by atoms with E-state index in [1.807, 2.05) is 4.90 Å². The summed E-state index contributed by atoms with van der Waals surface area (Å²) in [6.07, 6.45) is 34.0. The fourth-order valence-corrected chi connectivity index (χ4v) is 3.06. The number of hydrogen-bond acceptors (Lipinski definition) is 2. The molecule has 1 aliphatic rings. The van der Waals surface area contributed by atoms with E-state index in [1.54, 1.807) is 0 Å². The van der Waals surface area contributed by atoms with Crippen molar-refractivity contribution >= 4 is 5.91 Å². The molecular weight excluding hydrogens is 368 g/mol. The Morgan fingerprint density at radius 3 is 1.47 bits per heavy atom. The zero-order chi connectivity index (χ0) is 21.7. The van der Waals surface area contributed by atoms with Crippen molar-refractivity contribution < 1.29 is 4.79 Å². The number of nitrogens with zero attached hydrogens (tertiary/aromatic N) is 2. The molecule has 0 bridgehead atoms. The molecule has 1 rings (SSSR count). The molecule has 0 aromatic rings. The molecule has 0 N–H and O–H groups in total. The molecule has 30 heavy (non-hydrogen) atoms. The molecule has 0 atom stereocenters. The second kappa shape index (κ2) is 18.9. The van der Waals surface area contributed by atoms with Crippen molar-refractivity contribution in [2.75, 3.05) is 33.2 Å². The molecule has 0 spiro atoms. The van der Waals surface area contributed by atoms with Crippen LogP contribution in [0, 0.1) is 0 Å². The average Bonchev–Trinajstić information content (AvgIpc) is 2.75. The zero-order valence-corrected chi connectivity index (χ0v) is 19.2. The fourth-order valence-electron chi connectivity index (χ4n) is 3.06. The Kier molecular flexibility index (Phi) is 16.3. The molecule has 0 radical (unpaired) electrons. The third kappa shape index (κ3) is 14.8. The summed E-state index contributed by atoms with van der Waals surface area (Å²) in [6.45, 7) is 5.89. The maximum absolute atomic E-state index is 12.1. The van der Waals surface area contributed by atoms with Crippen LogP contribution < -0.4 is 0 Å². The summed E-state index contributed by atoms with van der Waals surface area (Å²) in [5, 5.41) is 0. The highest BCUT2D eigenvalue weighted by Gasteiger charge is 2.17. The molecule has 1 saturated heterocycles. The number of carbonyl (C=O) groups is 1. The Labute approximate surface area is 185 Å². The molecule has 3 heteroatoms. The minimum absolute atomic E-state index is 0.294. The Bertz CT molecular complexity index is 602. The van der Waals surface area contributed by atoms with E-state index in [2.05, 4.69) is 91.8 Å². The monoisotopic (exact) mass is 410 g/mol. The van der Waals surface area contributed by atoms with Gasteiger partial charge in [-0.25, -0.2) is 0 Å². The largest absolute Gasteiger partial charge is 0.340 e. The fraction of sp³-hybridized carbons (Fsp3) is 0.519. The molecule has 0 aliphatic carbocycles. The highest BCUT2D eigenvalue weighted by Crippen LogP contribution is 2.04. The SMILES string of the molecule is CC/C=C\C/C=C\C/C=C\C/C=C\C/C=C\C/C=C\CCC(=O)N1CCN(C)CC1. The van der Waals surface area contributed by atoms with E-state index in [9.17, 15) is 4.79 Å². The number of carbonyl (C=O) groups excluding carboxylic acids is 1. The summed E-state index contributed by atoms with van der Waals surface area (Å²) in [6, 6.07) is 0. The summed E-state index contributed by atoms with van der Waals surface area (Å²) in [4.78, 5) is 16.4. The maximum Gasteiger partial charge on any atom is 0.222 e. The molecule has 1 amide bonds. The molecule has 0 unspecified atom stereocenters. The minimum atomic E-state index is 0.294. The lowest BCUT2D eigenvalue weighted by Gasteiger charge is -2.32. The van der Waals surface area contributed by atoms with Crippen LogP contribution in [0.25, 0.3) is 0 Å². The van der Waals surface area contributed by atoms with E-state index < -0.39 is 0 Å². The number of hydrogen-bond donors (Lipinski definition) is 0. The maximum atomic E-state index is 12.1. The second-order valence-electron chi connectivity index (χ2n) is 7.64. The number of rotatable bonds is 14. The number of likely N-dealkylation sites (N-methyl/N-ethyl adjacent to an activating group) is 1. The van der Waals surface area contributed by atoms with E-state index in [4.69, 9.17) is 0 Å².